The van der Waals surface area contributed by atoms with E-state index in [1.165, 1.54) is 0 Å². The smallest absolute Gasteiger partial charge is 0.307 e. The summed E-state index contributed by atoms with van der Waals surface area (Å²) in [5.41, 5.74) is -0.280. The van der Waals surface area contributed by atoms with Crippen LogP contribution in [0.3, 0.4) is 0 Å². The molecule has 1 spiro atoms. The van der Waals surface area contributed by atoms with Gasteiger partial charge in [0.25, 0.3) is 0 Å². The van der Waals surface area contributed by atoms with Gasteiger partial charge in [0.05, 0.1) is 16.9 Å². The van der Waals surface area contributed by atoms with Gasteiger partial charge in [-0.05, 0) is 18.6 Å². The van der Waals surface area contributed by atoms with Crippen LogP contribution in [0.5, 0.6) is 5.75 Å². The van der Waals surface area contributed by atoms with Crippen LogP contribution >= 0.6 is 0 Å². The Balaban J connectivity index is 2.00. The molecule has 82 valence electrons. The highest BCUT2D eigenvalue weighted by atomic mass is 16.5. The maximum atomic E-state index is 12.2. The fourth-order valence-corrected chi connectivity index (χ4v) is 2.36. The number of aliphatic carboxylic acids is 1. The summed E-state index contributed by atoms with van der Waals surface area (Å²) in [5.74, 6) is -0.999. The largest absolute Gasteiger partial charge is 0.492 e. The van der Waals surface area contributed by atoms with Gasteiger partial charge in [-0.2, -0.15) is 0 Å². The van der Waals surface area contributed by atoms with Gasteiger partial charge >= 0.3 is 5.97 Å². The molecule has 1 heterocycles. The second-order valence-electron chi connectivity index (χ2n) is 4.37. The number of carbonyl (C=O) groups excluding carboxylic acids is 1. The lowest BCUT2D eigenvalue weighted by atomic mass is 9.90. The maximum absolute atomic E-state index is 12.2. The molecule has 1 N–H and O–H groups in total. The number of benzene rings is 1. The van der Waals surface area contributed by atoms with Gasteiger partial charge in [0, 0.05) is 0 Å². The number of rotatable bonds is 1. The highest BCUT2D eigenvalue weighted by Crippen LogP contribution is 2.57. The molecule has 1 fully saturated rings. The van der Waals surface area contributed by atoms with Gasteiger partial charge < -0.3 is 9.84 Å². The lowest BCUT2D eigenvalue weighted by molar-refractivity contribution is -0.139. The first kappa shape index (κ1) is 9.39. The Kier molecular flexibility index (Phi) is 1.67. The molecule has 1 aliphatic heterocycles. The minimum atomic E-state index is -0.906. The van der Waals surface area contributed by atoms with E-state index in [-0.39, 0.29) is 12.4 Å². The average Bonchev–Trinajstić information content (AvgIpc) is 3.01. The molecule has 16 heavy (non-hydrogen) atoms. The minimum Gasteiger partial charge on any atom is -0.492 e. The molecular formula is C12H10O4. The molecule has 0 aromatic heterocycles. The van der Waals surface area contributed by atoms with Crippen LogP contribution in [0.1, 0.15) is 16.8 Å². The first-order valence-corrected chi connectivity index (χ1v) is 5.14. The number of fused-ring (bicyclic) bond motifs is 1. The van der Waals surface area contributed by atoms with Crippen LogP contribution in [0.2, 0.25) is 0 Å². The van der Waals surface area contributed by atoms with Crippen molar-refractivity contribution in [3.8, 4) is 5.75 Å². The second kappa shape index (κ2) is 2.84. The van der Waals surface area contributed by atoms with Crippen LogP contribution in [0.15, 0.2) is 24.3 Å². The van der Waals surface area contributed by atoms with Crippen molar-refractivity contribution in [2.24, 2.45) is 11.3 Å². The standard InChI is InChI=1S/C12H10O4/c13-10-7-3-1-2-4-9(7)16-6-12(10)5-8(12)11(14)15/h1-4,8H,5-6H2,(H,14,15)/t8-,12+/m0/s1. The fraction of sp³-hybridized carbons (Fsp3) is 0.333. The molecule has 1 aromatic carbocycles. The van der Waals surface area contributed by atoms with E-state index in [1.54, 1.807) is 24.3 Å². The number of Topliss-reactive ketones (excluding diaryl/α,β-unsaturated/α-hetero) is 1. The van der Waals surface area contributed by atoms with E-state index in [9.17, 15) is 9.59 Å². The van der Waals surface area contributed by atoms with Crippen molar-refractivity contribution in [3.05, 3.63) is 29.8 Å². The highest BCUT2D eigenvalue weighted by molar-refractivity contribution is 6.08. The third-order valence-electron chi connectivity index (χ3n) is 3.44. The van der Waals surface area contributed by atoms with Gasteiger partial charge in [-0.3, -0.25) is 9.59 Å². The second-order valence-corrected chi connectivity index (χ2v) is 4.37. The molecular weight excluding hydrogens is 208 g/mol. The molecule has 0 radical (unpaired) electrons. The van der Waals surface area contributed by atoms with Crippen molar-refractivity contribution < 1.29 is 19.4 Å². The number of hydrogen-bond acceptors (Lipinski definition) is 3. The molecule has 4 nitrogen and oxygen atoms in total. The van der Waals surface area contributed by atoms with Crippen LogP contribution in [-0.2, 0) is 4.79 Å². The van der Waals surface area contributed by atoms with E-state index in [4.69, 9.17) is 9.84 Å². The molecule has 0 amide bonds. The molecule has 1 saturated carbocycles. The van der Waals surface area contributed by atoms with Crippen molar-refractivity contribution in [3.63, 3.8) is 0 Å². The van der Waals surface area contributed by atoms with Gasteiger partial charge in [-0.1, -0.05) is 12.1 Å². The van der Waals surface area contributed by atoms with Crippen LogP contribution in [0.25, 0.3) is 0 Å². The first-order valence-electron chi connectivity index (χ1n) is 5.14. The van der Waals surface area contributed by atoms with Gasteiger partial charge in [-0.25, -0.2) is 0 Å². The monoisotopic (exact) mass is 218 g/mol. The Morgan fingerprint density at radius 2 is 2.19 bits per heavy atom. The normalized spacial score (nSPS) is 30.8. The summed E-state index contributed by atoms with van der Waals surface area (Å²) in [7, 11) is 0. The Labute approximate surface area is 91.8 Å². The zero-order valence-electron chi connectivity index (χ0n) is 8.47. The molecule has 2 atom stereocenters. The topological polar surface area (TPSA) is 63.6 Å². The van der Waals surface area contributed by atoms with Gasteiger partial charge in [-0.15, -0.1) is 0 Å². The Hall–Kier alpha value is -1.84. The number of ether oxygens (including phenoxy) is 1. The number of para-hydroxylation sites is 1. The molecule has 0 bridgehead atoms. The van der Waals surface area contributed by atoms with E-state index in [0.717, 1.165) is 0 Å². The number of carboxylic acids is 1. The van der Waals surface area contributed by atoms with E-state index in [0.29, 0.717) is 17.7 Å². The Morgan fingerprint density at radius 3 is 2.88 bits per heavy atom. The van der Waals surface area contributed by atoms with Gasteiger partial charge in [0.15, 0.2) is 5.78 Å². The minimum absolute atomic E-state index is 0.0817. The van der Waals surface area contributed by atoms with Crippen molar-refractivity contribution >= 4 is 11.8 Å². The maximum Gasteiger partial charge on any atom is 0.307 e. The molecule has 3 rings (SSSR count). The summed E-state index contributed by atoms with van der Waals surface area (Å²) in [6.45, 7) is 0.194. The predicted octanol–water partition coefficient (Wildman–Crippen LogP) is 1.35. The van der Waals surface area contributed by atoms with E-state index >= 15 is 0 Å². The fourth-order valence-electron chi connectivity index (χ4n) is 2.36. The van der Waals surface area contributed by atoms with Gasteiger partial charge in [0.1, 0.15) is 12.4 Å². The number of carboxylic acid groups (broad SMARTS) is 1. The van der Waals surface area contributed by atoms with Crippen molar-refractivity contribution in [2.75, 3.05) is 6.61 Å². The van der Waals surface area contributed by atoms with Crippen molar-refractivity contribution in [2.45, 2.75) is 6.42 Å². The third-order valence-corrected chi connectivity index (χ3v) is 3.44. The van der Waals surface area contributed by atoms with Crippen LogP contribution in [-0.4, -0.2) is 23.5 Å². The molecule has 4 heteroatoms. The summed E-state index contributed by atoms with van der Waals surface area (Å²) in [4.78, 5) is 23.1. The SMILES string of the molecule is O=C(O)[C@@H]1C[C@@]12COc1ccccc1C2=O. The Morgan fingerprint density at radius 1 is 1.44 bits per heavy atom. The van der Waals surface area contributed by atoms with Crippen LogP contribution in [0.4, 0.5) is 0 Å². The summed E-state index contributed by atoms with van der Waals surface area (Å²) >= 11 is 0. The Bertz CT molecular complexity index is 494. The van der Waals surface area contributed by atoms with Gasteiger partial charge in [0.2, 0.25) is 0 Å². The lowest BCUT2D eigenvalue weighted by Crippen LogP contribution is -2.32. The molecule has 0 saturated heterocycles. The average molecular weight is 218 g/mol. The number of hydrogen-bond donors (Lipinski definition) is 1. The lowest BCUT2D eigenvalue weighted by Gasteiger charge is -2.24. The molecule has 2 aliphatic rings. The van der Waals surface area contributed by atoms with E-state index in [1.807, 2.05) is 0 Å². The quantitative estimate of drug-likeness (QED) is 0.772. The summed E-state index contributed by atoms with van der Waals surface area (Å²) in [6.07, 6.45) is 0.398. The van der Waals surface area contributed by atoms with Crippen LogP contribution < -0.4 is 4.74 Å². The summed E-state index contributed by atoms with van der Waals surface area (Å²) in [6, 6.07) is 6.98. The third kappa shape index (κ3) is 1.04. The first-order chi connectivity index (χ1) is 7.65. The molecule has 1 aromatic rings. The highest BCUT2D eigenvalue weighted by Gasteiger charge is 2.66. The predicted molar refractivity (Wildman–Crippen MR) is 54.4 cm³/mol. The summed E-state index contributed by atoms with van der Waals surface area (Å²) < 4.78 is 5.47. The molecule has 1 aliphatic carbocycles. The van der Waals surface area contributed by atoms with E-state index < -0.39 is 17.3 Å². The molecule has 0 unspecified atom stereocenters. The van der Waals surface area contributed by atoms with E-state index in [2.05, 4.69) is 0 Å². The zero-order valence-corrected chi connectivity index (χ0v) is 8.47. The van der Waals surface area contributed by atoms with Crippen molar-refractivity contribution in [1.82, 2.24) is 0 Å². The number of carbonyl (C=O) groups is 2. The zero-order chi connectivity index (χ0) is 11.3. The number of ketones is 1. The summed E-state index contributed by atoms with van der Waals surface area (Å²) in [5, 5.41) is 8.93. The van der Waals surface area contributed by atoms with Crippen molar-refractivity contribution in [1.29, 1.82) is 0 Å². The van der Waals surface area contributed by atoms with Crippen LogP contribution in [0, 0.1) is 11.3 Å².